The summed E-state index contributed by atoms with van der Waals surface area (Å²) in [5.41, 5.74) is 2.14. The fraction of sp³-hybridized carbons (Fsp3) is 0.533. The second-order valence-electron chi connectivity index (χ2n) is 4.98. The van der Waals surface area contributed by atoms with Crippen molar-refractivity contribution < 1.29 is 4.79 Å². The number of carbonyl (C=O) groups is 1. The molecular formula is C15H23N3O. The van der Waals surface area contributed by atoms with Gasteiger partial charge in [-0.3, -0.25) is 9.69 Å². The summed E-state index contributed by atoms with van der Waals surface area (Å²) < 4.78 is 0. The molecule has 1 aliphatic heterocycles. The Morgan fingerprint density at radius 3 is 2.79 bits per heavy atom. The average Bonchev–Trinajstić information content (AvgIpc) is 2.36. The topological polar surface area (TPSA) is 44.4 Å². The van der Waals surface area contributed by atoms with Gasteiger partial charge in [0.1, 0.15) is 0 Å². The predicted octanol–water partition coefficient (Wildman–Crippen LogP) is 1.48. The van der Waals surface area contributed by atoms with Crippen molar-refractivity contribution in [2.24, 2.45) is 0 Å². The zero-order chi connectivity index (χ0) is 13.7. The first-order chi connectivity index (χ1) is 9.22. The first kappa shape index (κ1) is 14.0. The molecule has 104 valence electrons. The van der Waals surface area contributed by atoms with Crippen molar-refractivity contribution in [3.63, 3.8) is 0 Å². The molecule has 0 saturated carbocycles. The van der Waals surface area contributed by atoms with Gasteiger partial charge in [0.2, 0.25) is 5.91 Å². The number of nitrogens with zero attached hydrogens (tertiary/aromatic N) is 1. The van der Waals surface area contributed by atoms with E-state index in [4.69, 9.17) is 0 Å². The van der Waals surface area contributed by atoms with Crippen LogP contribution in [0.3, 0.4) is 0 Å². The molecule has 0 radical (unpaired) electrons. The molecule has 1 aromatic rings. The number of nitrogens with one attached hydrogen (secondary N) is 2. The molecule has 1 amide bonds. The van der Waals surface area contributed by atoms with Crippen LogP contribution in [-0.4, -0.2) is 43.0 Å². The molecule has 0 spiro atoms. The van der Waals surface area contributed by atoms with Crippen molar-refractivity contribution in [3.05, 3.63) is 29.8 Å². The summed E-state index contributed by atoms with van der Waals surface area (Å²) in [6.45, 7) is 7.58. The highest BCUT2D eigenvalue weighted by atomic mass is 16.2. The Morgan fingerprint density at radius 2 is 2.21 bits per heavy atom. The van der Waals surface area contributed by atoms with E-state index in [2.05, 4.69) is 35.4 Å². The van der Waals surface area contributed by atoms with E-state index in [9.17, 15) is 4.79 Å². The van der Waals surface area contributed by atoms with Gasteiger partial charge in [0, 0.05) is 24.8 Å². The third kappa shape index (κ3) is 3.78. The number of likely N-dealkylation sites (N-methyl/N-ethyl adjacent to an activating group) is 1. The van der Waals surface area contributed by atoms with Crippen LogP contribution in [0.15, 0.2) is 24.3 Å². The van der Waals surface area contributed by atoms with Crippen LogP contribution < -0.4 is 10.6 Å². The lowest BCUT2D eigenvalue weighted by atomic mass is 10.1. The van der Waals surface area contributed by atoms with Crippen molar-refractivity contribution in [1.82, 2.24) is 10.2 Å². The van der Waals surface area contributed by atoms with Crippen LogP contribution in [0.5, 0.6) is 0 Å². The second kappa shape index (κ2) is 6.68. The van der Waals surface area contributed by atoms with Gasteiger partial charge in [-0.1, -0.05) is 26.0 Å². The smallest absolute Gasteiger partial charge is 0.238 e. The van der Waals surface area contributed by atoms with Crippen molar-refractivity contribution >= 4 is 11.6 Å². The van der Waals surface area contributed by atoms with Crippen molar-refractivity contribution in [2.45, 2.75) is 26.3 Å². The highest BCUT2D eigenvalue weighted by molar-refractivity contribution is 5.92. The number of anilines is 1. The molecule has 1 saturated heterocycles. The molecule has 0 unspecified atom stereocenters. The highest BCUT2D eigenvalue weighted by Crippen LogP contribution is 2.11. The Bertz CT molecular complexity index is 429. The number of carbonyl (C=O) groups excluding carboxylic acids is 1. The molecule has 2 rings (SSSR count). The lowest BCUT2D eigenvalue weighted by Gasteiger charge is -2.37. The van der Waals surface area contributed by atoms with Gasteiger partial charge >= 0.3 is 0 Å². The normalized spacial score (nSPS) is 15.3. The van der Waals surface area contributed by atoms with E-state index in [1.54, 1.807) is 0 Å². The molecule has 0 aliphatic carbocycles. The molecule has 0 aromatic heterocycles. The van der Waals surface area contributed by atoms with Crippen LogP contribution in [-0.2, 0) is 11.2 Å². The van der Waals surface area contributed by atoms with Gasteiger partial charge in [-0.2, -0.15) is 0 Å². The maximum Gasteiger partial charge on any atom is 0.238 e. The van der Waals surface area contributed by atoms with Crippen molar-refractivity contribution in [2.75, 3.05) is 31.5 Å². The molecule has 1 aliphatic rings. The number of hydrogen-bond acceptors (Lipinski definition) is 3. The number of rotatable bonds is 6. The molecule has 1 aromatic carbocycles. The van der Waals surface area contributed by atoms with Crippen LogP contribution in [0.2, 0.25) is 0 Å². The largest absolute Gasteiger partial charge is 0.325 e. The molecule has 0 atom stereocenters. The Balaban J connectivity index is 1.88. The Hall–Kier alpha value is -1.39. The number of amides is 1. The van der Waals surface area contributed by atoms with E-state index < -0.39 is 0 Å². The third-order valence-corrected chi connectivity index (χ3v) is 3.65. The van der Waals surface area contributed by atoms with Crippen LogP contribution in [0, 0.1) is 0 Å². The van der Waals surface area contributed by atoms with Gasteiger partial charge in [0.25, 0.3) is 0 Å². The molecule has 19 heavy (non-hydrogen) atoms. The fourth-order valence-electron chi connectivity index (χ4n) is 2.28. The van der Waals surface area contributed by atoms with Gasteiger partial charge in [-0.25, -0.2) is 0 Å². The minimum Gasteiger partial charge on any atom is -0.325 e. The van der Waals surface area contributed by atoms with E-state index in [0.29, 0.717) is 12.6 Å². The molecule has 2 N–H and O–H groups in total. The van der Waals surface area contributed by atoms with Gasteiger partial charge < -0.3 is 10.6 Å². The summed E-state index contributed by atoms with van der Waals surface area (Å²) in [6.07, 6.45) is 0.985. The van der Waals surface area contributed by atoms with Gasteiger partial charge in [0.05, 0.1) is 6.54 Å². The minimum atomic E-state index is 0.0713. The van der Waals surface area contributed by atoms with E-state index in [0.717, 1.165) is 31.7 Å². The van der Waals surface area contributed by atoms with Crippen LogP contribution >= 0.6 is 0 Å². The van der Waals surface area contributed by atoms with Crippen molar-refractivity contribution in [1.29, 1.82) is 0 Å². The molecule has 0 bridgehead atoms. The van der Waals surface area contributed by atoms with Crippen LogP contribution in [0.4, 0.5) is 5.69 Å². The molecule has 4 heteroatoms. The lowest BCUT2D eigenvalue weighted by molar-refractivity contribution is -0.118. The molecule has 1 heterocycles. The summed E-state index contributed by atoms with van der Waals surface area (Å²) >= 11 is 0. The summed E-state index contributed by atoms with van der Waals surface area (Å²) in [7, 11) is 0. The summed E-state index contributed by atoms with van der Waals surface area (Å²) in [6, 6.07) is 8.56. The first-order valence-electron chi connectivity index (χ1n) is 7.06. The SMILES string of the molecule is CCc1cccc(NC(=O)CN(CC)C2CNC2)c1. The number of aryl methyl sites for hydroxylation is 1. The third-order valence-electron chi connectivity index (χ3n) is 3.65. The predicted molar refractivity (Wildman–Crippen MR) is 78.4 cm³/mol. The molecule has 4 nitrogen and oxygen atoms in total. The molecule has 1 fully saturated rings. The highest BCUT2D eigenvalue weighted by Gasteiger charge is 2.24. The monoisotopic (exact) mass is 261 g/mol. The summed E-state index contributed by atoms with van der Waals surface area (Å²) in [5, 5.41) is 6.22. The first-order valence-corrected chi connectivity index (χ1v) is 7.06. The lowest BCUT2D eigenvalue weighted by Crippen LogP contribution is -2.58. The zero-order valence-corrected chi connectivity index (χ0v) is 11.8. The van der Waals surface area contributed by atoms with Gasteiger partial charge in [-0.05, 0) is 30.7 Å². The summed E-state index contributed by atoms with van der Waals surface area (Å²) in [4.78, 5) is 14.3. The zero-order valence-electron chi connectivity index (χ0n) is 11.8. The standard InChI is InChI=1S/C15H23N3O/c1-3-12-6-5-7-13(8-12)17-15(19)11-18(4-2)14-9-16-10-14/h5-8,14,16H,3-4,9-11H2,1-2H3,(H,17,19). The number of benzene rings is 1. The van der Waals surface area contributed by atoms with Gasteiger partial charge in [0.15, 0.2) is 0 Å². The van der Waals surface area contributed by atoms with E-state index >= 15 is 0 Å². The Kier molecular flexibility index (Phi) is 4.93. The van der Waals surface area contributed by atoms with Crippen molar-refractivity contribution in [3.8, 4) is 0 Å². The van der Waals surface area contributed by atoms with E-state index in [-0.39, 0.29) is 5.91 Å². The van der Waals surface area contributed by atoms with E-state index in [1.807, 2.05) is 18.2 Å². The van der Waals surface area contributed by atoms with Crippen LogP contribution in [0.25, 0.3) is 0 Å². The minimum absolute atomic E-state index is 0.0713. The van der Waals surface area contributed by atoms with Gasteiger partial charge in [-0.15, -0.1) is 0 Å². The summed E-state index contributed by atoms with van der Waals surface area (Å²) in [5.74, 6) is 0.0713. The second-order valence-corrected chi connectivity index (χ2v) is 4.98. The van der Waals surface area contributed by atoms with Crippen LogP contribution in [0.1, 0.15) is 19.4 Å². The van der Waals surface area contributed by atoms with E-state index in [1.165, 1.54) is 5.56 Å². The maximum atomic E-state index is 12.1. The quantitative estimate of drug-likeness (QED) is 0.815. The Morgan fingerprint density at radius 1 is 1.42 bits per heavy atom. The number of hydrogen-bond donors (Lipinski definition) is 2. The fourth-order valence-corrected chi connectivity index (χ4v) is 2.28. The Labute approximate surface area is 115 Å². The molecular weight excluding hydrogens is 238 g/mol. The maximum absolute atomic E-state index is 12.1. The average molecular weight is 261 g/mol.